The second-order valence-electron chi connectivity index (χ2n) is 8.67. The van der Waals surface area contributed by atoms with E-state index in [1.54, 1.807) is 33.2 Å². The van der Waals surface area contributed by atoms with Crippen LogP contribution in [0.25, 0.3) is 10.8 Å². The molecule has 32 heavy (non-hydrogen) atoms. The third-order valence-electron chi connectivity index (χ3n) is 5.28. The van der Waals surface area contributed by atoms with E-state index in [0.717, 1.165) is 16.3 Å². The highest BCUT2D eigenvalue weighted by Crippen LogP contribution is 2.24. The zero-order chi connectivity index (χ0) is 23.9. The molecule has 0 unspecified atom stereocenters. The number of carbonyl (C=O) groups excluding carboxylic acids is 3. The fourth-order valence-corrected chi connectivity index (χ4v) is 3.57. The van der Waals surface area contributed by atoms with Crippen LogP contribution in [0, 0.1) is 11.3 Å². The van der Waals surface area contributed by atoms with Crippen LogP contribution in [0.5, 0.6) is 0 Å². The number of benzene rings is 2. The standard InChI is InChI=1S/C24H32N2O6/c1-6-32-19(22(28)26-30)18(21(27)25-20(23(29)31-5)24(2,3)4)14-15-11-12-16-9-7-8-10-17(16)13-15/h7-13,18-20,30H,6,14H2,1-5H3,(H,25,27)(H,26,28)/t18-,19+,20-/m1/s1. The molecule has 0 heterocycles. The average molecular weight is 445 g/mol. The summed E-state index contributed by atoms with van der Waals surface area (Å²) in [6.45, 7) is 7.24. The lowest BCUT2D eigenvalue weighted by atomic mass is 9.85. The molecule has 0 saturated carbocycles. The molecule has 2 rings (SSSR count). The van der Waals surface area contributed by atoms with Crippen molar-refractivity contribution in [1.82, 2.24) is 10.8 Å². The molecule has 0 aliphatic heterocycles. The highest BCUT2D eigenvalue weighted by Gasteiger charge is 2.39. The largest absolute Gasteiger partial charge is 0.467 e. The number of ether oxygens (including phenoxy) is 2. The minimum absolute atomic E-state index is 0.152. The number of nitrogens with one attached hydrogen (secondary N) is 2. The van der Waals surface area contributed by atoms with Gasteiger partial charge < -0.3 is 14.8 Å². The van der Waals surface area contributed by atoms with Crippen LogP contribution in [-0.4, -0.2) is 48.9 Å². The lowest BCUT2D eigenvalue weighted by molar-refractivity contribution is -0.153. The van der Waals surface area contributed by atoms with Gasteiger partial charge in [-0.2, -0.15) is 0 Å². The van der Waals surface area contributed by atoms with Crippen molar-refractivity contribution in [1.29, 1.82) is 0 Å². The normalized spacial score (nSPS) is 14.3. The summed E-state index contributed by atoms with van der Waals surface area (Å²) in [6, 6.07) is 12.6. The summed E-state index contributed by atoms with van der Waals surface area (Å²) in [5.74, 6) is -2.98. The number of esters is 1. The summed E-state index contributed by atoms with van der Waals surface area (Å²) in [7, 11) is 1.25. The Bertz CT molecular complexity index is 953. The van der Waals surface area contributed by atoms with Gasteiger partial charge in [0.2, 0.25) is 5.91 Å². The number of fused-ring (bicyclic) bond motifs is 1. The topological polar surface area (TPSA) is 114 Å². The molecule has 0 saturated heterocycles. The van der Waals surface area contributed by atoms with E-state index in [9.17, 15) is 19.6 Å². The van der Waals surface area contributed by atoms with Crippen LogP contribution in [-0.2, 0) is 30.3 Å². The van der Waals surface area contributed by atoms with Crippen molar-refractivity contribution in [2.75, 3.05) is 13.7 Å². The zero-order valence-corrected chi connectivity index (χ0v) is 19.2. The van der Waals surface area contributed by atoms with E-state index in [2.05, 4.69) is 5.32 Å². The predicted molar refractivity (Wildman–Crippen MR) is 120 cm³/mol. The molecule has 0 spiro atoms. The molecule has 2 aromatic rings. The molecule has 0 fully saturated rings. The van der Waals surface area contributed by atoms with Crippen LogP contribution in [0.3, 0.4) is 0 Å². The number of carbonyl (C=O) groups is 3. The van der Waals surface area contributed by atoms with Gasteiger partial charge in [-0.15, -0.1) is 0 Å². The first kappa shape index (κ1) is 25.3. The number of hydrogen-bond donors (Lipinski definition) is 3. The van der Waals surface area contributed by atoms with E-state index < -0.39 is 41.3 Å². The highest BCUT2D eigenvalue weighted by atomic mass is 16.5. The first-order valence-electron chi connectivity index (χ1n) is 10.5. The van der Waals surface area contributed by atoms with E-state index in [0.29, 0.717) is 0 Å². The van der Waals surface area contributed by atoms with Gasteiger partial charge in [-0.1, -0.05) is 63.2 Å². The molecule has 0 bridgehead atoms. The van der Waals surface area contributed by atoms with Gasteiger partial charge in [0.15, 0.2) is 0 Å². The molecule has 3 N–H and O–H groups in total. The van der Waals surface area contributed by atoms with E-state index in [4.69, 9.17) is 9.47 Å². The summed E-state index contributed by atoms with van der Waals surface area (Å²) in [6.07, 6.45) is -1.10. The van der Waals surface area contributed by atoms with Crippen LogP contribution >= 0.6 is 0 Å². The Hall–Kier alpha value is -2.97. The molecular weight excluding hydrogens is 412 g/mol. The van der Waals surface area contributed by atoms with Gasteiger partial charge >= 0.3 is 5.97 Å². The predicted octanol–water partition coefficient (Wildman–Crippen LogP) is 2.61. The monoisotopic (exact) mass is 444 g/mol. The molecule has 0 aromatic heterocycles. The summed E-state index contributed by atoms with van der Waals surface area (Å²) >= 11 is 0. The number of rotatable bonds is 9. The number of amides is 2. The molecule has 2 amide bonds. The lowest BCUT2D eigenvalue weighted by Crippen LogP contribution is -2.55. The molecule has 8 heteroatoms. The Balaban J connectivity index is 2.42. The fraction of sp³-hybridized carbons (Fsp3) is 0.458. The van der Waals surface area contributed by atoms with E-state index in [-0.39, 0.29) is 13.0 Å². The van der Waals surface area contributed by atoms with E-state index >= 15 is 0 Å². The van der Waals surface area contributed by atoms with E-state index in [1.807, 2.05) is 42.5 Å². The Kier molecular flexibility index (Phi) is 8.74. The maximum atomic E-state index is 13.4. The number of hydroxylamine groups is 1. The molecule has 0 radical (unpaired) electrons. The first-order valence-corrected chi connectivity index (χ1v) is 10.5. The van der Waals surface area contributed by atoms with Crippen molar-refractivity contribution in [3.05, 3.63) is 48.0 Å². The maximum Gasteiger partial charge on any atom is 0.328 e. The third-order valence-corrected chi connectivity index (χ3v) is 5.28. The second kappa shape index (κ2) is 11.1. The van der Waals surface area contributed by atoms with Gasteiger partial charge in [0, 0.05) is 6.61 Å². The third kappa shape index (κ3) is 6.27. The van der Waals surface area contributed by atoms with Crippen LogP contribution in [0.2, 0.25) is 0 Å². The Morgan fingerprint density at radius 1 is 1.03 bits per heavy atom. The fourth-order valence-electron chi connectivity index (χ4n) is 3.57. The van der Waals surface area contributed by atoms with Gasteiger partial charge in [0.1, 0.15) is 12.1 Å². The van der Waals surface area contributed by atoms with Crippen LogP contribution in [0.15, 0.2) is 42.5 Å². The molecule has 8 nitrogen and oxygen atoms in total. The minimum Gasteiger partial charge on any atom is -0.467 e. The highest BCUT2D eigenvalue weighted by molar-refractivity contribution is 5.92. The molecule has 0 aliphatic carbocycles. The molecule has 174 valence electrons. The smallest absolute Gasteiger partial charge is 0.328 e. The molecule has 2 aromatic carbocycles. The van der Waals surface area contributed by atoms with E-state index in [1.165, 1.54) is 7.11 Å². The van der Waals surface area contributed by atoms with Crippen molar-refractivity contribution in [3.8, 4) is 0 Å². The quantitative estimate of drug-likeness (QED) is 0.311. The Morgan fingerprint density at radius 2 is 1.69 bits per heavy atom. The van der Waals surface area contributed by atoms with Crippen molar-refractivity contribution in [2.24, 2.45) is 11.3 Å². The minimum atomic E-state index is -1.25. The number of methoxy groups -OCH3 is 1. The van der Waals surface area contributed by atoms with Gasteiger partial charge in [0.25, 0.3) is 5.91 Å². The van der Waals surface area contributed by atoms with Crippen LogP contribution in [0.4, 0.5) is 0 Å². The van der Waals surface area contributed by atoms with Gasteiger partial charge in [0.05, 0.1) is 13.0 Å². The van der Waals surface area contributed by atoms with Crippen LogP contribution in [0.1, 0.15) is 33.3 Å². The van der Waals surface area contributed by atoms with Crippen LogP contribution < -0.4 is 10.8 Å². The SMILES string of the molecule is CCO[C@H](C(=O)NO)[C@@H](Cc1ccc2ccccc2c1)C(=O)N[C@H](C(=O)OC)C(C)(C)C. The van der Waals surface area contributed by atoms with Gasteiger partial charge in [-0.05, 0) is 35.1 Å². The first-order chi connectivity index (χ1) is 15.1. The van der Waals surface area contributed by atoms with Crippen molar-refractivity contribution < 1.29 is 29.1 Å². The Morgan fingerprint density at radius 3 is 2.25 bits per heavy atom. The molecular formula is C24H32N2O6. The number of hydrogen-bond acceptors (Lipinski definition) is 6. The molecule has 0 aliphatic rings. The van der Waals surface area contributed by atoms with Gasteiger partial charge in [-0.3, -0.25) is 14.8 Å². The zero-order valence-electron chi connectivity index (χ0n) is 19.2. The summed E-state index contributed by atoms with van der Waals surface area (Å²) < 4.78 is 10.4. The lowest BCUT2D eigenvalue weighted by Gasteiger charge is -2.32. The summed E-state index contributed by atoms with van der Waals surface area (Å²) in [4.78, 5) is 38.0. The average Bonchev–Trinajstić information content (AvgIpc) is 2.77. The summed E-state index contributed by atoms with van der Waals surface area (Å²) in [5.41, 5.74) is 1.76. The molecule has 3 atom stereocenters. The van der Waals surface area contributed by atoms with Crippen molar-refractivity contribution in [3.63, 3.8) is 0 Å². The van der Waals surface area contributed by atoms with Crippen molar-refractivity contribution in [2.45, 2.75) is 46.3 Å². The maximum absolute atomic E-state index is 13.4. The Labute approximate surface area is 188 Å². The van der Waals surface area contributed by atoms with Crippen molar-refractivity contribution >= 4 is 28.6 Å². The second-order valence-corrected chi connectivity index (χ2v) is 8.67. The van der Waals surface area contributed by atoms with Gasteiger partial charge in [-0.25, -0.2) is 10.3 Å². The summed E-state index contributed by atoms with van der Waals surface area (Å²) in [5, 5.41) is 14.0.